The van der Waals surface area contributed by atoms with Gasteiger partial charge < -0.3 is 24.8 Å². The maximum Gasteiger partial charge on any atom is 0.410 e. The molecule has 2 N–H and O–H groups in total. The molecule has 2 heterocycles. The molecule has 1 amide bonds. The Morgan fingerprint density at radius 1 is 1.06 bits per heavy atom. The van der Waals surface area contributed by atoms with Crippen molar-refractivity contribution in [3.8, 4) is 17.2 Å². The summed E-state index contributed by atoms with van der Waals surface area (Å²) in [6, 6.07) is 8.15. The topological polar surface area (TPSA) is 86.6 Å². The number of amides is 1. The SMILES string of the molecule is COc1ccc(NC(=O)c2cc3n(n2)[C@H](C(F)(F)F)C[C@@H](c2ccc(OC)c(OC)c2)N3)cc1Cl. The maximum absolute atomic E-state index is 14.0. The van der Waals surface area contributed by atoms with Crippen LogP contribution in [-0.2, 0) is 0 Å². The monoisotopic (exact) mass is 510 g/mol. The largest absolute Gasteiger partial charge is 0.495 e. The van der Waals surface area contributed by atoms with Gasteiger partial charge in [-0.1, -0.05) is 17.7 Å². The summed E-state index contributed by atoms with van der Waals surface area (Å²) in [5.41, 5.74) is 0.736. The van der Waals surface area contributed by atoms with Gasteiger partial charge in [0.15, 0.2) is 23.2 Å². The zero-order valence-electron chi connectivity index (χ0n) is 18.9. The van der Waals surface area contributed by atoms with Crippen molar-refractivity contribution >= 4 is 29.0 Å². The Morgan fingerprint density at radius 2 is 1.74 bits per heavy atom. The van der Waals surface area contributed by atoms with Crippen LogP contribution in [0.2, 0.25) is 5.02 Å². The van der Waals surface area contributed by atoms with Crippen molar-refractivity contribution in [2.75, 3.05) is 32.0 Å². The minimum absolute atomic E-state index is 0.0660. The number of nitrogens with one attached hydrogen (secondary N) is 2. The summed E-state index contributed by atoms with van der Waals surface area (Å²) in [6.45, 7) is 0. The molecular formula is C23H22ClF3N4O4. The lowest BCUT2D eigenvalue weighted by molar-refractivity contribution is -0.173. The van der Waals surface area contributed by atoms with Crippen molar-refractivity contribution in [2.45, 2.75) is 24.7 Å². The van der Waals surface area contributed by atoms with Crippen molar-refractivity contribution in [3.05, 3.63) is 58.7 Å². The van der Waals surface area contributed by atoms with Crippen molar-refractivity contribution in [1.82, 2.24) is 9.78 Å². The van der Waals surface area contributed by atoms with Crippen molar-refractivity contribution in [2.24, 2.45) is 0 Å². The predicted molar refractivity (Wildman–Crippen MR) is 124 cm³/mol. The van der Waals surface area contributed by atoms with Gasteiger partial charge in [-0.2, -0.15) is 18.3 Å². The minimum Gasteiger partial charge on any atom is -0.495 e. The van der Waals surface area contributed by atoms with Crippen LogP contribution in [0.15, 0.2) is 42.5 Å². The molecule has 2 aromatic carbocycles. The summed E-state index contributed by atoms with van der Waals surface area (Å²) < 4.78 is 58.3. The number of benzene rings is 2. The second-order valence-corrected chi connectivity index (χ2v) is 8.17. The van der Waals surface area contributed by atoms with Crippen LogP contribution in [0.1, 0.15) is 34.6 Å². The Hall–Kier alpha value is -3.60. The van der Waals surface area contributed by atoms with Gasteiger partial charge in [-0.3, -0.25) is 4.79 Å². The number of carbonyl (C=O) groups excluding carboxylic acids is 1. The Kier molecular flexibility index (Phi) is 6.70. The van der Waals surface area contributed by atoms with Crippen LogP contribution in [-0.4, -0.2) is 43.2 Å². The molecule has 0 aliphatic carbocycles. The highest BCUT2D eigenvalue weighted by molar-refractivity contribution is 6.32. The van der Waals surface area contributed by atoms with Crippen LogP contribution >= 0.6 is 11.6 Å². The second-order valence-electron chi connectivity index (χ2n) is 7.77. The van der Waals surface area contributed by atoms with E-state index in [4.69, 9.17) is 25.8 Å². The average Bonchev–Trinajstić information content (AvgIpc) is 3.27. The number of aromatic nitrogens is 2. The molecule has 8 nitrogen and oxygen atoms in total. The number of alkyl halides is 3. The molecule has 0 radical (unpaired) electrons. The van der Waals surface area contributed by atoms with Gasteiger partial charge >= 0.3 is 6.18 Å². The highest BCUT2D eigenvalue weighted by Gasteiger charge is 2.47. The van der Waals surface area contributed by atoms with Crippen LogP contribution in [0.4, 0.5) is 24.7 Å². The van der Waals surface area contributed by atoms with Crippen LogP contribution in [0.5, 0.6) is 17.2 Å². The Morgan fingerprint density at radius 3 is 2.37 bits per heavy atom. The molecule has 186 valence electrons. The molecule has 4 rings (SSSR count). The second kappa shape index (κ2) is 9.57. The Bertz CT molecular complexity index is 1250. The molecular weight excluding hydrogens is 489 g/mol. The van der Waals surface area contributed by atoms with E-state index in [1.807, 2.05) is 0 Å². The molecule has 1 aromatic heterocycles. The summed E-state index contributed by atoms with van der Waals surface area (Å²) >= 11 is 6.08. The maximum atomic E-state index is 14.0. The fourth-order valence-corrected chi connectivity index (χ4v) is 4.17. The predicted octanol–water partition coefficient (Wildman–Crippen LogP) is 5.47. The molecule has 35 heavy (non-hydrogen) atoms. The van der Waals surface area contributed by atoms with E-state index in [-0.39, 0.29) is 23.0 Å². The first kappa shape index (κ1) is 24.5. The fraction of sp³-hybridized carbons (Fsp3) is 0.304. The van der Waals surface area contributed by atoms with E-state index in [9.17, 15) is 18.0 Å². The van der Waals surface area contributed by atoms with Crippen LogP contribution in [0.3, 0.4) is 0 Å². The van der Waals surface area contributed by atoms with Crippen LogP contribution < -0.4 is 24.8 Å². The van der Waals surface area contributed by atoms with Gasteiger partial charge in [0.25, 0.3) is 5.91 Å². The Labute approximate surface area is 203 Å². The zero-order chi connectivity index (χ0) is 25.3. The number of fused-ring (bicyclic) bond motifs is 1. The van der Waals surface area contributed by atoms with Gasteiger partial charge in [0, 0.05) is 18.2 Å². The van der Waals surface area contributed by atoms with E-state index in [2.05, 4.69) is 15.7 Å². The highest BCUT2D eigenvalue weighted by Crippen LogP contribution is 2.44. The summed E-state index contributed by atoms with van der Waals surface area (Å²) in [4.78, 5) is 12.8. The average molecular weight is 511 g/mol. The number of hydrogen-bond acceptors (Lipinski definition) is 6. The molecule has 1 aliphatic heterocycles. The third kappa shape index (κ3) is 4.95. The molecule has 0 bridgehead atoms. The Balaban J connectivity index is 1.63. The zero-order valence-corrected chi connectivity index (χ0v) is 19.7. The fourth-order valence-electron chi connectivity index (χ4n) is 3.91. The first-order valence-corrected chi connectivity index (χ1v) is 10.8. The molecule has 0 saturated carbocycles. The normalized spacial score (nSPS) is 17.2. The van der Waals surface area contributed by atoms with E-state index in [1.165, 1.54) is 33.5 Å². The molecule has 0 spiro atoms. The number of ether oxygens (including phenoxy) is 3. The van der Waals surface area contributed by atoms with Gasteiger partial charge in [-0.25, -0.2) is 4.68 Å². The number of carbonyl (C=O) groups is 1. The van der Waals surface area contributed by atoms with Gasteiger partial charge in [0.1, 0.15) is 11.6 Å². The first-order valence-electron chi connectivity index (χ1n) is 10.4. The van der Waals surface area contributed by atoms with Gasteiger partial charge in [-0.15, -0.1) is 0 Å². The van der Waals surface area contributed by atoms with Crippen LogP contribution in [0, 0.1) is 0 Å². The number of nitrogens with zero attached hydrogens (tertiary/aromatic N) is 2. The molecule has 1 aliphatic rings. The molecule has 12 heteroatoms. The number of rotatable bonds is 6. The van der Waals surface area contributed by atoms with Crippen molar-refractivity contribution in [1.29, 1.82) is 0 Å². The molecule has 2 atom stereocenters. The quantitative estimate of drug-likeness (QED) is 0.457. The van der Waals surface area contributed by atoms with E-state index >= 15 is 0 Å². The molecule has 0 saturated heterocycles. The lowest BCUT2D eigenvalue weighted by atomic mass is 9.96. The number of methoxy groups -OCH3 is 3. The van der Waals surface area contributed by atoms with Gasteiger partial charge in [-0.05, 0) is 35.9 Å². The molecule has 0 unspecified atom stereocenters. The van der Waals surface area contributed by atoms with Gasteiger partial charge in [0.05, 0.1) is 32.4 Å². The number of anilines is 2. The number of halogens is 4. The molecule has 0 fully saturated rings. The summed E-state index contributed by atoms with van der Waals surface area (Å²) in [5, 5.41) is 9.87. The van der Waals surface area contributed by atoms with Gasteiger partial charge in [0.2, 0.25) is 0 Å². The lowest BCUT2D eigenvalue weighted by Gasteiger charge is -2.33. The van der Waals surface area contributed by atoms with E-state index in [1.54, 1.807) is 30.3 Å². The third-order valence-corrected chi connectivity index (χ3v) is 5.94. The highest BCUT2D eigenvalue weighted by atomic mass is 35.5. The third-order valence-electron chi connectivity index (χ3n) is 5.64. The van der Waals surface area contributed by atoms with Crippen LogP contribution in [0.25, 0.3) is 0 Å². The number of hydrogen-bond donors (Lipinski definition) is 2. The van der Waals surface area contributed by atoms with Crippen molar-refractivity contribution < 1.29 is 32.2 Å². The minimum atomic E-state index is -4.59. The summed E-state index contributed by atoms with van der Waals surface area (Å²) in [6.07, 6.45) is -4.92. The van der Waals surface area contributed by atoms with Crippen molar-refractivity contribution in [3.63, 3.8) is 0 Å². The lowest BCUT2D eigenvalue weighted by Crippen LogP contribution is -2.35. The van der Waals surface area contributed by atoms with E-state index in [0.717, 1.165) is 4.68 Å². The molecule has 3 aromatic rings. The first-order chi connectivity index (χ1) is 16.6. The van der Waals surface area contributed by atoms with E-state index in [0.29, 0.717) is 28.5 Å². The standard InChI is InChI=1S/C23H22ClF3N4O4/c1-33-17-7-5-13(9-14(17)24)28-22(32)16-11-21-29-15(10-20(23(25,26)27)31(21)30-16)12-4-6-18(34-2)19(8-12)35-3/h4-9,11,15,20,29H,10H2,1-3H3,(H,28,32)/t15-,20-/m0/s1. The smallest absolute Gasteiger partial charge is 0.410 e. The van der Waals surface area contributed by atoms with E-state index < -0.39 is 24.2 Å². The summed E-state index contributed by atoms with van der Waals surface area (Å²) in [7, 11) is 4.37. The summed E-state index contributed by atoms with van der Waals surface area (Å²) in [5.74, 6) is 0.657.